The van der Waals surface area contributed by atoms with Crippen LogP contribution in [0, 0.1) is 6.92 Å². The molecule has 0 amide bonds. The first-order valence-electron chi connectivity index (χ1n) is 6.05. The van der Waals surface area contributed by atoms with E-state index in [9.17, 15) is 8.42 Å². The van der Waals surface area contributed by atoms with Gasteiger partial charge in [-0.1, -0.05) is 17.7 Å². The molecule has 0 aliphatic carbocycles. The molecule has 7 heteroatoms. The molecule has 0 unspecified atom stereocenters. The van der Waals surface area contributed by atoms with Crippen LogP contribution in [0.15, 0.2) is 41.6 Å². The molecule has 0 radical (unpaired) electrons. The first-order chi connectivity index (χ1) is 9.51. The summed E-state index contributed by atoms with van der Waals surface area (Å²) >= 11 is 0. The second kappa shape index (κ2) is 5.87. The molecule has 0 spiro atoms. The predicted octanol–water partition coefficient (Wildman–Crippen LogP) is 1.98. The van der Waals surface area contributed by atoms with Crippen molar-refractivity contribution in [2.75, 3.05) is 11.3 Å². The van der Waals surface area contributed by atoms with Gasteiger partial charge in [0.05, 0.1) is 23.9 Å². The Labute approximate surface area is 117 Å². The minimum atomic E-state index is -3.67. The van der Waals surface area contributed by atoms with E-state index in [-0.39, 0.29) is 10.8 Å². The van der Waals surface area contributed by atoms with E-state index in [1.165, 1.54) is 24.5 Å². The van der Waals surface area contributed by atoms with Crippen LogP contribution in [0.5, 0.6) is 5.75 Å². The quantitative estimate of drug-likeness (QED) is 0.911. The second-order valence-electron chi connectivity index (χ2n) is 4.09. The van der Waals surface area contributed by atoms with Crippen molar-refractivity contribution >= 4 is 16.0 Å². The van der Waals surface area contributed by atoms with Crippen molar-refractivity contribution in [2.45, 2.75) is 18.7 Å². The van der Waals surface area contributed by atoms with Gasteiger partial charge in [-0.3, -0.25) is 0 Å². The third-order valence-corrected chi connectivity index (χ3v) is 3.84. The van der Waals surface area contributed by atoms with Crippen LogP contribution in [-0.4, -0.2) is 25.0 Å². The van der Waals surface area contributed by atoms with Crippen molar-refractivity contribution in [1.82, 2.24) is 9.97 Å². The fraction of sp³-hybridized carbons (Fsp3) is 0.231. The Hall–Kier alpha value is -2.15. The van der Waals surface area contributed by atoms with Gasteiger partial charge in [0.2, 0.25) is 5.95 Å². The summed E-state index contributed by atoms with van der Waals surface area (Å²) in [5.74, 6) is 0.500. The number of aryl methyl sites for hydroxylation is 1. The van der Waals surface area contributed by atoms with E-state index in [0.717, 1.165) is 5.56 Å². The number of hydrogen-bond donors (Lipinski definition) is 1. The van der Waals surface area contributed by atoms with Crippen molar-refractivity contribution in [2.24, 2.45) is 0 Å². The molecule has 1 N–H and O–H groups in total. The van der Waals surface area contributed by atoms with Gasteiger partial charge in [-0.15, -0.1) is 0 Å². The van der Waals surface area contributed by atoms with E-state index in [0.29, 0.717) is 12.4 Å². The van der Waals surface area contributed by atoms with Gasteiger partial charge >= 0.3 is 0 Å². The first kappa shape index (κ1) is 14.3. The Bertz CT molecular complexity index is 667. The molecule has 0 fully saturated rings. The zero-order valence-electron chi connectivity index (χ0n) is 11.2. The summed E-state index contributed by atoms with van der Waals surface area (Å²) in [5.41, 5.74) is 0.987. The summed E-state index contributed by atoms with van der Waals surface area (Å²) in [5, 5.41) is 0. The SMILES string of the molecule is CCOc1cnc(NS(=O)(=O)c2ccc(C)cc2)nc1. The van der Waals surface area contributed by atoms with Crippen LogP contribution in [0.25, 0.3) is 0 Å². The molecule has 0 saturated carbocycles. The number of hydrogen-bond acceptors (Lipinski definition) is 5. The molecule has 1 aromatic heterocycles. The molecule has 0 saturated heterocycles. The number of rotatable bonds is 5. The van der Waals surface area contributed by atoms with Crippen molar-refractivity contribution in [1.29, 1.82) is 0 Å². The third-order valence-electron chi connectivity index (χ3n) is 2.50. The molecule has 0 aliphatic rings. The maximum Gasteiger partial charge on any atom is 0.264 e. The molecule has 2 aromatic rings. The van der Waals surface area contributed by atoms with Gasteiger partial charge in [0.25, 0.3) is 10.0 Å². The van der Waals surface area contributed by atoms with Crippen molar-refractivity contribution in [3.05, 3.63) is 42.2 Å². The largest absolute Gasteiger partial charge is 0.491 e. The molecule has 106 valence electrons. The van der Waals surface area contributed by atoms with E-state index in [1.807, 2.05) is 13.8 Å². The van der Waals surface area contributed by atoms with Gasteiger partial charge in [0.1, 0.15) is 0 Å². The second-order valence-corrected chi connectivity index (χ2v) is 5.78. The number of sulfonamides is 1. The summed E-state index contributed by atoms with van der Waals surface area (Å²) in [6.45, 7) is 4.23. The molecule has 0 aliphatic heterocycles. The smallest absolute Gasteiger partial charge is 0.264 e. The Balaban J connectivity index is 2.17. The van der Waals surface area contributed by atoms with Crippen LogP contribution in [0.4, 0.5) is 5.95 Å². The highest BCUT2D eigenvalue weighted by atomic mass is 32.2. The molecule has 2 rings (SSSR count). The summed E-state index contributed by atoms with van der Waals surface area (Å²) in [7, 11) is -3.67. The number of aromatic nitrogens is 2. The number of ether oxygens (including phenoxy) is 1. The molecular formula is C13H15N3O3S. The van der Waals surface area contributed by atoms with Gasteiger partial charge in [-0.05, 0) is 26.0 Å². The fourth-order valence-corrected chi connectivity index (χ4v) is 2.46. The van der Waals surface area contributed by atoms with E-state index < -0.39 is 10.0 Å². The van der Waals surface area contributed by atoms with Crippen molar-refractivity contribution < 1.29 is 13.2 Å². The van der Waals surface area contributed by atoms with Gasteiger partial charge in [0.15, 0.2) is 5.75 Å². The highest BCUT2D eigenvalue weighted by molar-refractivity contribution is 7.92. The molecule has 0 bridgehead atoms. The molecular weight excluding hydrogens is 278 g/mol. The fourth-order valence-electron chi connectivity index (χ4n) is 1.51. The van der Waals surface area contributed by atoms with Crippen LogP contribution >= 0.6 is 0 Å². The standard InChI is InChI=1S/C13H15N3O3S/c1-3-19-11-8-14-13(15-9-11)16-20(17,18)12-6-4-10(2)5-7-12/h4-9H,3H2,1-2H3,(H,14,15,16). The van der Waals surface area contributed by atoms with E-state index >= 15 is 0 Å². The monoisotopic (exact) mass is 293 g/mol. The van der Waals surface area contributed by atoms with E-state index in [1.54, 1.807) is 12.1 Å². The molecule has 20 heavy (non-hydrogen) atoms. The maximum absolute atomic E-state index is 12.1. The van der Waals surface area contributed by atoms with Crippen LogP contribution < -0.4 is 9.46 Å². The average Bonchev–Trinajstić information content (AvgIpc) is 2.41. The minimum Gasteiger partial charge on any atom is -0.491 e. The predicted molar refractivity (Wildman–Crippen MR) is 75.2 cm³/mol. The first-order valence-corrected chi connectivity index (χ1v) is 7.54. The molecule has 1 aromatic carbocycles. The van der Waals surface area contributed by atoms with Crippen LogP contribution in [0.3, 0.4) is 0 Å². The Morgan fingerprint density at radius 1 is 1.15 bits per heavy atom. The van der Waals surface area contributed by atoms with Crippen molar-refractivity contribution in [3.63, 3.8) is 0 Å². The molecule has 6 nitrogen and oxygen atoms in total. The summed E-state index contributed by atoms with van der Waals surface area (Å²) in [6, 6.07) is 6.53. The zero-order valence-corrected chi connectivity index (χ0v) is 12.0. The number of benzene rings is 1. The lowest BCUT2D eigenvalue weighted by molar-refractivity contribution is 0.337. The normalized spacial score (nSPS) is 11.1. The van der Waals surface area contributed by atoms with Gasteiger partial charge in [-0.2, -0.15) is 0 Å². The zero-order chi connectivity index (χ0) is 14.6. The van der Waals surface area contributed by atoms with Crippen LogP contribution in [-0.2, 0) is 10.0 Å². The lowest BCUT2D eigenvalue weighted by atomic mass is 10.2. The third kappa shape index (κ3) is 3.45. The minimum absolute atomic E-state index is 0.00836. The Morgan fingerprint density at radius 2 is 1.75 bits per heavy atom. The number of nitrogens with zero attached hydrogens (tertiary/aromatic N) is 2. The average molecular weight is 293 g/mol. The van der Waals surface area contributed by atoms with Gasteiger partial charge < -0.3 is 4.74 Å². The van der Waals surface area contributed by atoms with E-state index in [4.69, 9.17) is 4.74 Å². The maximum atomic E-state index is 12.1. The van der Waals surface area contributed by atoms with E-state index in [2.05, 4.69) is 14.7 Å². The highest BCUT2D eigenvalue weighted by Gasteiger charge is 2.15. The lowest BCUT2D eigenvalue weighted by Crippen LogP contribution is -2.15. The highest BCUT2D eigenvalue weighted by Crippen LogP contribution is 2.15. The van der Waals surface area contributed by atoms with Crippen LogP contribution in [0.2, 0.25) is 0 Å². The van der Waals surface area contributed by atoms with Gasteiger partial charge in [0, 0.05) is 0 Å². The lowest BCUT2D eigenvalue weighted by Gasteiger charge is -2.07. The summed E-state index contributed by atoms with van der Waals surface area (Å²) in [6.07, 6.45) is 2.84. The number of nitrogens with one attached hydrogen (secondary N) is 1. The molecule has 0 atom stereocenters. The molecule has 1 heterocycles. The summed E-state index contributed by atoms with van der Waals surface area (Å²) < 4.78 is 31.7. The van der Waals surface area contributed by atoms with Crippen molar-refractivity contribution in [3.8, 4) is 5.75 Å². The van der Waals surface area contributed by atoms with Gasteiger partial charge in [-0.25, -0.2) is 23.1 Å². The van der Waals surface area contributed by atoms with Crippen LogP contribution in [0.1, 0.15) is 12.5 Å². The summed E-state index contributed by atoms with van der Waals surface area (Å²) in [4.78, 5) is 7.97. The number of anilines is 1. The Morgan fingerprint density at radius 3 is 2.30 bits per heavy atom. The Kier molecular flexibility index (Phi) is 4.19. The topological polar surface area (TPSA) is 81.2 Å².